The molecule has 0 spiro atoms. The van der Waals surface area contributed by atoms with E-state index in [1.165, 1.54) is 77.0 Å². The van der Waals surface area contributed by atoms with Gasteiger partial charge in [-0.05, 0) is 65.6 Å². The SMILES string of the molecule is CCCCCCCC/C=C\CC(=O)OC1OC(COC(=O)CCCN(C)C)C(OC(=O)C/C=C\CCCCCCCC)C1OC(=O)C/C=C\CCCCCCCC. The summed E-state index contributed by atoms with van der Waals surface area (Å²) < 4.78 is 29.2. The first-order valence-electron chi connectivity index (χ1n) is 22.7. The van der Waals surface area contributed by atoms with Crippen molar-refractivity contribution in [2.45, 2.75) is 212 Å². The topological polar surface area (TPSA) is 118 Å². The number of unbranched alkanes of at least 4 members (excludes halogenated alkanes) is 18. The van der Waals surface area contributed by atoms with Crippen LogP contribution in [-0.4, -0.2) is 80.6 Å². The number of rotatable bonds is 36. The summed E-state index contributed by atoms with van der Waals surface area (Å²) in [7, 11) is 3.86. The number of allylic oxidation sites excluding steroid dienone is 3. The van der Waals surface area contributed by atoms with Gasteiger partial charge in [-0.1, -0.05) is 154 Å². The first kappa shape index (κ1) is 52.0. The van der Waals surface area contributed by atoms with Crippen LogP contribution in [-0.2, 0) is 42.9 Å². The van der Waals surface area contributed by atoms with Gasteiger partial charge < -0.3 is 28.6 Å². The molecule has 0 aromatic rings. The van der Waals surface area contributed by atoms with Crippen molar-refractivity contribution in [1.82, 2.24) is 4.90 Å². The van der Waals surface area contributed by atoms with Gasteiger partial charge in [-0.3, -0.25) is 19.2 Å². The molecule has 1 heterocycles. The molecular weight excluding hydrogens is 723 g/mol. The number of carbonyl (C=O) groups excluding carboxylic acids is 4. The first-order valence-corrected chi connectivity index (χ1v) is 22.7. The second-order valence-corrected chi connectivity index (χ2v) is 15.7. The Labute approximate surface area is 346 Å². The Morgan fingerprint density at radius 1 is 0.491 bits per heavy atom. The minimum Gasteiger partial charge on any atom is -0.463 e. The van der Waals surface area contributed by atoms with Gasteiger partial charge in [0.15, 0.2) is 6.10 Å². The number of esters is 4. The van der Waals surface area contributed by atoms with Gasteiger partial charge in [0.1, 0.15) is 12.7 Å². The molecule has 0 N–H and O–H groups in total. The molecule has 1 aliphatic rings. The van der Waals surface area contributed by atoms with E-state index in [0.29, 0.717) is 6.42 Å². The minimum atomic E-state index is -1.35. The number of nitrogens with zero attached hydrogens (tertiary/aromatic N) is 1. The lowest BCUT2D eigenvalue weighted by Gasteiger charge is -2.23. The van der Waals surface area contributed by atoms with Gasteiger partial charge >= 0.3 is 23.9 Å². The van der Waals surface area contributed by atoms with E-state index in [2.05, 4.69) is 20.8 Å². The summed E-state index contributed by atoms with van der Waals surface area (Å²) in [6, 6.07) is 0. The summed E-state index contributed by atoms with van der Waals surface area (Å²) in [6.45, 7) is 7.07. The lowest BCUT2D eigenvalue weighted by atomic mass is 10.1. The van der Waals surface area contributed by atoms with E-state index in [9.17, 15) is 19.2 Å². The molecule has 10 heteroatoms. The van der Waals surface area contributed by atoms with Crippen LogP contribution in [0.2, 0.25) is 0 Å². The van der Waals surface area contributed by atoms with Crippen LogP contribution in [0.1, 0.15) is 188 Å². The standard InChI is InChI=1S/C47H81NO9/c1-6-9-12-15-18-21-24-27-30-34-42(50)55-45-40(39-53-41(49)37-33-38-48(4)5)54-47(57-44(52)36-32-29-26-23-20-17-14-11-8-3)46(45)56-43(51)35-31-28-25-22-19-16-13-10-7-2/h27-32,40,45-47H,6-26,33-39H2,1-5H3/b30-27-,31-28-,32-29-. The quantitative estimate of drug-likeness (QED) is 0.0262. The summed E-state index contributed by atoms with van der Waals surface area (Å²) >= 11 is 0. The molecule has 1 rings (SSSR count). The van der Waals surface area contributed by atoms with Crippen LogP contribution < -0.4 is 0 Å². The van der Waals surface area contributed by atoms with Crippen LogP contribution in [0.3, 0.4) is 0 Å². The average Bonchev–Trinajstić information content (AvgIpc) is 3.48. The third-order valence-electron chi connectivity index (χ3n) is 9.97. The lowest BCUT2D eigenvalue weighted by Crippen LogP contribution is -2.42. The van der Waals surface area contributed by atoms with Crippen LogP contribution in [0.25, 0.3) is 0 Å². The lowest BCUT2D eigenvalue weighted by molar-refractivity contribution is -0.199. The van der Waals surface area contributed by atoms with Gasteiger partial charge in [0.05, 0.1) is 19.3 Å². The summed E-state index contributed by atoms with van der Waals surface area (Å²) in [5, 5.41) is 0. The van der Waals surface area contributed by atoms with E-state index in [4.69, 9.17) is 23.7 Å². The Morgan fingerprint density at radius 2 is 0.895 bits per heavy atom. The molecule has 1 aliphatic heterocycles. The third-order valence-corrected chi connectivity index (χ3v) is 9.97. The molecule has 1 fully saturated rings. The molecular formula is C47H81NO9. The molecule has 0 aromatic carbocycles. The van der Waals surface area contributed by atoms with Gasteiger partial charge in [-0.2, -0.15) is 0 Å². The van der Waals surface area contributed by atoms with Crippen LogP contribution in [0.4, 0.5) is 0 Å². The predicted octanol–water partition coefficient (Wildman–Crippen LogP) is 11.1. The number of hydrogen-bond acceptors (Lipinski definition) is 10. The fourth-order valence-corrected chi connectivity index (χ4v) is 6.57. The highest BCUT2D eigenvalue weighted by molar-refractivity contribution is 5.73. The van der Waals surface area contributed by atoms with Gasteiger partial charge in [0.25, 0.3) is 0 Å². The second kappa shape index (κ2) is 36.1. The Balaban J connectivity index is 3.03. The average molecular weight is 804 g/mol. The molecule has 0 saturated carbocycles. The zero-order valence-electron chi connectivity index (χ0n) is 36.7. The van der Waals surface area contributed by atoms with Crippen molar-refractivity contribution in [2.24, 2.45) is 0 Å². The predicted molar refractivity (Wildman–Crippen MR) is 229 cm³/mol. The van der Waals surface area contributed by atoms with Crippen molar-refractivity contribution >= 4 is 23.9 Å². The molecule has 0 radical (unpaired) electrons. The minimum absolute atomic E-state index is 0.00155. The Kier molecular flexibility index (Phi) is 33.0. The molecule has 4 unspecified atom stereocenters. The molecule has 4 atom stereocenters. The Hall–Kier alpha value is -2.98. The van der Waals surface area contributed by atoms with Crippen LogP contribution in [0.5, 0.6) is 0 Å². The van der Waals surface area contributed by atoms with Crippen LogP contribution in [0, 0.1) is 0 Å². The summed E-state index contributed by atoms with van der Waals surface area (Å²) in [4.78, 5) is 54.1. The monoisotopic (exact) mass is 804 g/mol. The zero-order valence-corrected chi connectivity index (χ0v) is 36.7. The smallest absolute Gasteiger partial charge is 0.312 e. The molecule has 1 saturated heterocycles. The number of ether oxygens (including phenoxy) is 5. The molecule has 0 bridgehead atoms. The van der Waals surface area contributed by atoms with E-state index < -0.39 is 48.5 Å². The molecule has 10 nitrogen and oxygen atoms in total. The Morgan fingerprint density at radius 3 is 1.33 bits per heavy atom. The number of hydrogen-bond donors (Lipinski definition) is 0. The number of carbonyl (C=O) groups is 4. The van der Waals surface area contributed by atoms with Crippen molar-refractivity contribution < 1.29 is 42.9 Å². The van der Waals surface area contributed by atoms with Gasteiger partial charge in [0.2, 0.25) is 12.4 Å². The van der Waals surface area contributed by atoms with Crippen molar-refractivity contribution in [3.05, 3.63) is 36.5 Å². The van der Waals surface area contributed by atoms with Crippen molar-refractivity contribution in [2.75, 3.05) is 27.2 Å². The van der Waals surface area contributed by atoms with Gasteiger partial charge in [-0.25, -0.2) is 0 Å². The Bertz CT molecular complexity index is 1130. The normalized spacial score (nSPS) is 18.3. The zero-order chi connectivity index (χ0) is 41.8. The van der Waals surface area contributed by atoms with E-state index >= 15 is 0 Å². The first-order chi connectivity index (χ1) is 27.7. The molecule has 0 aliphatic carbocycles. The highest BCUT2D eigenvalue weighted by Gasteiger charge is 2.52. The van der Waals surface area contributed by atoms with Gasteiger partial charge in [-0.15, -0.1) is 0 Å². The van der Waals surface area contributed by atoms with E-state index in [1.807, 2.05) is 37.2 Å². The van der Waals surface area contributed by atoms with Crippen LogP contribution >= 0.6 is 0 Å². The summed E-state index contributed by atoms with van der Waals surface area (Å²) in [5.74, 6) is -2.11. The summed E-state index contributed by atoms with van der Waals surface area (Å²) in [6.07, 6.45) is 31.4. The highest BCUT2D eigenvalue weighted by atomic mass is 16.8. The fraction of sp³-hybridized carbons (Fsp3) is 0.787. The van der Waals surface area contributed by atoms with Crippen molar-refractivity contribution in [3.63, 3.8) is 0 Å². The maximum atomic E-state index is 13.2. The molecule has 57 heavy (non-hydrogen) atoms. The molecule has 0 aromatic heterocycles. The van der Waals surface area contributed by atoms with Crippen LogP contribution in [0.15, 0.2) is 36.5 Å². The highest BCUT2D eigenvalue weighted by Crippen LogP contribution is 2.30. The van der Waals surface area contributed by atoms with E-state index in [1.54, 1.807) is 18.2 Å². The largest absolute Gasteiger partial charge is 0.463 e. The fourth-order valence-electron chi connectivity index (χ4n) is 6.57. The molecule has 0 amide bonds. The van der Waals surface area contributed by atoms with Gasteiger partial charge in [0, 0.05) is 6.42 Å². The maximum absolute atomic E-state index is 13.2. The van der Waals surface area contributed by atoms with E-state index in [-0.39, 0.29) is 32.3 Å². The second-order valence-electron chi connectivity index (χ2n) is 15.7. The molecule has 328 valence electrons. The van der Waals surface area contributed by atoms with E-state index in [0.717, 1.165) is 64.3 Å². The third kappa shape index (κ3) is 29.0. The van der Waals surface area contributed by atoms with Crippen molar-refractivity contribution in [1.29, 1.82) is 0 Å². The summed E-state index contributed by atoms with van der Waals surface area (Å²) in [5.41, 5.74) is 0. The maximum Gasteiger partial charge on any atom is 0.312 e. The van der Waals surface area contributed by atoms with Crippen molar-refractivity contribution in [3.8, 4) is 0 Å².